The van der Waals surface area contributed by atoms with Crippen molar-refractivity contribution in [2.24, 2.45) is 11.3 Å². The average Bonchev–Trinajstić information content (AvgIpc) is 4.08. The third-order valence-electron chi connectivity index (χ3n) is 12.4. The van der Waals surface area contributed by atoms with Crippen molar-refractivity contribution in [1.29, 1.82) is 0 Å². The Hall–Kier alpha value is -6.41. The average molecular weight is 938 g/mol. The number of aromatic nitrogens is 6. The van der Waals surface area contributed by atoms with Gasteiger partial charge in [-0.25, -0.2) is 9.78 Å². The Balaban J connectivity index is 0.911. The number of methoxy groups -OCH3 is 1. The van der Waals surface area contributed by atoms with Gasteiger partial charge in [-0.3, -0.25) is 19.5 Å². The van der Waals surface area contributed by atoms with Crippen LogP contribution in [0.3, 0.4) is 0 Å². The predicted octanol–water partition coefficient (Wildman–Crippen LogP) is 4.75. The molecule has 7 rings (SSSR count). The first-order chi connectivity index (χ1) is 32.1. The van der Waals surface area contributed by atoms with Crippen LogP contribution in [0.15, 0.2) is 54.2 Å². The molecule has 0 spiro atoms. The number of hydrogen-bond acceptors (Lipinski definition) is 15. The molecule has 5 heterocycles. The summed E-state index contributed by atoms with van der Waals surface area (Å²) in [5.41, 5.74) is 6.21. The van der Waals surface area contributed by atoms with E-state index in [4.69, 9.17) is 14.7 Å². The number of nitrogens with zero attached hydrogens (tertiary/aromatic N) is 8. The molecule has 20 heteroatoms. The molecule has 2 aliphatic heterocycles. The number of benzene rings is 2. The molecular weight excluding hydrogens is 875 g/mol. The first kappa shape index (κ1) is 48.5. The number of ether oxygens (including phenoxy) is 1. The fourth-order valence-electron chi connectivity index (χ4n) is 8.48. The van der Waals surface area contributed by atoms with Crippen LogP contribution in [0, 0.1) is 18.3 Å². The number of H-pyrrole nitrogens is 1. The number of anilines is 3. The van der Waals surface area contributed by atoms with Crippen LogP contribution in [-0.2, 0) is 32.1 Å². The Bertz CT molecular complexity index is 2480. The second kappa shape index (κ2) is 21.9. The standard InChI is InChI=1S/C47H63N13O6S/c1-29-39(67-28-51-29)33-11-7-32(8-12-33)25-50-41(63)37-24-35(61)27-60(37)42(64)40(47(2,3)4)53-38(62)14-10-30-16-20-59(21-17-30)45-55-43(54-44(56-45)49-19-22-58(5)46(65)66-6)48-18-15-31-9-13-36-34(23-31)26-52-57-36/h7-9,11-13,23,26,28,30,35,37,40,61H,10,14-22,24-25,27H2,1-6H3,(H,50,63)(H,52,57)(H,53,62)(H2,48,49,54,55,56)/t35-,37+,40-/m1/s1. The molecule has 2 fully saturated rings. The highest BCUT2D eigenvalue weighted by atomic mass is 32.1. The van der Waals surface area contributed by atoms with E-state index in [9.17, 15) is 24.3 Å². The first-order valence-electron chi connectivity index (χ1n) is 22.9. The highest BCUT2D eigenvalue weighted by Gasteiger charge is 2.44. The number of aliphatic hydroxyl groups excluding tert-OH is 1. The number of likely N-dealkylation sites (N-methyl/N-ethyl adjacent to an activating group) is 1. The third-order valence-corrected chi connectivity index (χ3v) is 13.4. The van der Waals surface area contributed by atoms with E-state index in [0.29, 0.717) is 57.0 Å². The molecule has 19 nitrogen and oxygen atoms in total. The highest BCUT2D eigenvalue weighted by Crippen LogP contribution is 2.30. The molecule has 67 heavy (non-hydrogen) atoms. The lowest BCUT2D eigenvalue weighted by atomic mass is 9.85. The van der Waals surface area contributed by atoms with E-state index >= 15 is 0 Å². The minimum Gasteiger partial charge on any atom is -0.453 e. The molecule has 0 saturated carbocycles. The Morgan fingerprint density at radius 2 is 1.72 bits per heavy atom. The zero-order chi connectivity index (χ0) is 47.7. The molecule has 2 aromatic carbocycles. The summed E-state index contributed by atoms with van der Waals surface area (Å²) in [6.45, 7) is 10.6. The number of aromatic amines is 1. The van der Waals surface area contributed by atoms with Gasteiger partial charge in [-0.05, 0) is 72.8 Å². The van der Waals surface area contributed by atoms with E-state index in [1.165, 1.54) is 16.9 Å². The van der Waals surface area contributed by atoms with Crippen LogP contribution in [0.1, 0.15) is 69.7 Å². The molecule has 6 N–H and O–H groups in total. The van der Waals surface area contributed by atoms with Crippen LogP contribution in [0.25, 0.3) is 21.3 Å². The fourth-order valence-corrected chi connectivity index (χ4v) is 9.30. The van der Waals surface area contributed by atoms with Crippen molar-refractivity contribution in [1.82, 2.24) is 50.6 Å². The number of aryl methyl sites for hydroxylation is 1. The van der Waals surface area contributed by atoms with Crippen molar-refractivity contribution in [2.75, 3.05) is 69.0 Å². The largest absolute Gasteiger partial charge is 0.453 e. The van der Waals surface area contributed by atoms with E-state index in [2.05, 4.69) is 58.5 Å². The van der Waals surface area contributed by atoms with Gasteiger partial charge in [-0.2, -0.15) is 20.1 Å². The summed E-state index contributed by atoms with van der Waals surface area (Å²) in [5.74, 6) is 0.629. The number of nitrogens with one attached hydrogen (secondary N) is 5. The van der Waals surface area contributed by atoms with Crippen LogP contribution >= 0.6 is 11.3 Å². The molecule has 5 aromatic rings. The molecule has 358 valence electrons. The molecule has 4 amide bonds. The van der Waals surface area contributed by atoms with Gasteiger partial charge in [0.1, 0.15) is 12.1 Å². The van der Waals surface area contributed by atoms with E-state index in [1.807, 2.05) is 63.5 Å². The number of fused-ring (bicyclic) bond motifs is 1. The molecule has 0 aliphatic carbocycles. The van der Waals surface area contributed by atoms with Crippen LogP contribution < -0.4 is 26.2 Å². The lowest BCUT2D eigenvalue weighted by molar-refractivity contribution is -0.144. The van der Waals surface area contributed by atoms with Gasteiger partial charge >= 0.3 is 6.09 Å². The van der Waals surface area contributed by atoms with E-state index in [0.717, 1.165) is 57.4 Å². The van der Waals surface area contributed by atoms with Gasteiger partial charge in [0.25, 0.3) is 0 Å². The van der Waals surface area contributed by atoms with E-state index in [-0.39, 0.29) is 49.6 Å². The van der Waals surface area contributed by atoms with Crippen molar-refractivity contribution in [2.45, 2.75) is 91.0 Å². The summed E-state index contributed by atoms with van der Waals surface area (Å²) in [5, 5.41) is 31.4. The Morgan fingerprint density at radius 3 is 2.40 bits per heavy atom. The highest BCUT2D eigenvalue weighted by molar-refractivity contribution is 7.13. The number of aliphatic hydroxyl groups is 1. The van der Waals surface area contributed by atoms with Gasteiger partial charge in [0.15, 0.2) is 0 Å². The zero-order valence-corrected chi connectivity index (χ0v) is 40.0. The Kier molecular flexibility index (Phi) is 15.9. The van der Waals surface area contributed by atoms with Crippen molar-refractivity contribution in [3.63, 3.8) is 0 Å². The normalized spacial score (nSPS) is 17.0. The quantitative estimate of drug-likeness (QED) is 0.0696. The van der Waals surface area contributed by atoms with Gasteiger partial charge in [0.2, 0.25) is 35.6 Å². The summed E-state index contributed by atoms with van der Waals surface area (Å²) in [7, 11) is 3.00. The molecule has 2 aliphatic rings. The first-order valence-corrected chi connectivity index (χ1v) is 23.8. The second-order valence-electron chi connectivity index (χ2n) is 18.5. The number of thiazole rings is 1. The summed E-state index contributed by atoms with van der Waals surface area (Å²) < 4.78 is 4.81. The van der Waals surface area contributed by atoms with Gasteiger partial charge in [0, 0.05) is 71.1 Å². The molecular formula is C47H63N13O6S. The zero-order valence-electron chi connectivity index (χ0n) is 39.2. The van der Waals surface area contributed by atoms with Gasteiger partial charge in [-0.15, -0.1) is 11.3 Å². The van der Waals surface area contributed by atoms with Crippen molar-refractivity contribution in [3.8, 4) is 10.4 Å². The third kappa shape index (κ3) is 12.7. The smallest absolute Gasteiger partial charge is 0.409 e. The summed E-state index contributed by atoms with van der Waals surface area (Å²) in [6.07, 6.45) is 3.86. The summed E-state index contributed by atoms with van der Waals surface area (Å²) in [4.78, 5) is 77.9. The summed E-state index contributed by atoms with van der Waals surface area (Å²) in [6, 6.07) is 12.3. The molecule has 3 atom stereocenters. The number of carbonyl (C=O) groups excluding carboxylic acids is 4. The molecule has 0 radical (unpaired) electrons. The maximum atomic E-state index is 14.2. The molecule has 2 saturated heterocycles. The summed E-state index contributed by atoms with van der Waals surface area (Å²) >= 11 is 1.58. The monoisotopic (exact) mass is 937 g/mol. The van der Waals surface area contributed by atoms with Crippen LogP contribution in [0.5, 0.6) is 0 Å². The Morgan fingerprint density at radius 1 is 1.00 bits per heavy atom. The number of hydrogen-bond donors (Lipinski definition) is 6. The lowest BCUT2D eigenvalue weighted by Crippen LogP contribution is -2.57. The van der Waals surface area contributed by atoms with Crippen molar-refractivity contribution >= 4 is 63.9 Å². The number of rotatable bonds is 18. The van der Waals surface area contributed by atoms with E-state index in [1.54, 1.807) is 24.6 Å². The number of β-amino-alcohol motifs (C(OH)–C–C–N with tert-alkyl or cyclic N) is 1. The molecule has 3 aromatic heterocycles. The maximum Gasteiger partial charge on any atom is 0.409 e. The van der Waals surface area contributed by atoms with Crippen molar-refractivity contribution < 1.29 is 29.0 Å². The van der Waals surface area contributed by atoms with Gasteiger partial charge < -0.3 is 45.8 Å². The topological polar surface area (TPSA) is 236 Å². The predicted molar refractivity (Wildman–Crippen MR) is 257 cm³/mol. The molecule has 0 bridgehead atoms. The maximum absolute atomic E-state index is 14.2. The van der Waals surface area contributed by atoms with Crippen LogP contribution in [0.2, 0.25) is 0 Å². The lowest BCUT2D eigenvalue weighted by Gasteiger charge is -2.35. The molecule has 0 unspecified atom stereocenters. The van der Waals surface area contributed by atoms with Crippen LogP contribution in [0.4, 0.5) is 22.6 Å². The SMILES string of the molecule is COC(=O)N(C)CCNc1nc(NCCc2ccc3[nH]ncc3c2)nc(N2CCC(CCC(=O)N[C@H](C(=O)N3C[C@H](O)C[C@H]3C(=O)NCc3ccc(-c4scnc4C)cc3)C(C)(C)C)CC2)n1. The van der Waals surface area contributed by atoms with Crippen molar-refractivity contribution in [3.05, 3.63) is 71.0 Å². The number of amides is 4. The minimum absolute atomic E-state index is 0.00717. The van der Waals surface area contributed by atoms with E-state index < -0.39 is 29.7 Å². The Labute approximate surface area is 394 Å². The second-order valence-corrected chi connectivity index (χ2v) is 19.3. The number of carbonyl (C=O) groups is 4. The van der Waals surface area contributed by atoms with Gasteiger partial charge in [0.05, 0.1) is 41.0 Å². The number of piperidine rings is 1. The van der Waals surface area contributed by atoms with Gasteiger partial charge in [-0.1, -0.05) is 51.1 Å². The minimum atomic E-state index is -0.902. The van der Waals surface area contributed by atoms with Crippen LogP contribution in [-0.4, -0.2) is 140 Å². The number of likely N-dealkylation sites (tertiary alicyclic amines) is 1. The fraction of sp³-hybridized carbons (Fsp3) is 0.511.